The highest BCUT2D eigenvalue weighted by Crippen LogP contribution is 2.42. The van der Waals surface area contributed by atoms with E-state index in [9.17, 15) is 8.78 Å². The fourth-order valence-electron chi connectivity index (χ4n) is 6.37. The van der Waals surface area contributed by atoms with Crippen molar-refractivity contribution in [2.24, 2.45) is 17.8 Å². The minimum atomic E-state index is -1.07. The van der Waals surface area contributed by atoms with Crippen LogP contribution in [0.2, 0.25) is 0 Å². The molecule has 2 aliphatic carbocycles. The third kappa shape index (κ3) is 5.54. The molecule has 1 atom stereocenters. The van der Waals surface area contributed by atoms with Crippen molar-refractivity contribution in [3.05, 3.63) is 95.6 Å². The van der Waals surface area contributed by atoms with Gasteiger partial charge in [-0.1, -0.05) is 54.6 Å². The maximum atomic E-state index is 15.3. The minimum Gasteiger partial charge on any atom is -0.494 e. The zero-order valence-corrected chi connectivity index (χ0v) is 22.5. The highest BCUT2D eigenvalue weighted by atomic mass is 19.2. The Kier molecular flexibility index (Phi) is 8.25. The Morgan fingerprint density at radius 2 is 1.23 bits per heavy atom. The van der Waals surface area contributed by atoms with Gasteiger partial charge in [-0.3, -0.25) is 0 Å². The summed E-state index contributed by atoms with van der Waals surface area (Å²) in [5.41, 5.74) is 2.30. The molecular formula is C34H34F4O. The molecule has 1 fully saturated rings. The van der Waals surface area contributed by atoms with E-state index in [4.69, 9.17) is 4.74 Å². The van der Waals surface area contributed by atoms with Crippen LogP contribution in [-0.2, 0) is 0 Å². The first kappa shape index (κ1) is 27.2. The van der Waals surface area contributed by atoms with Crippen LogP contribution in [0.15, 0.2) is 66.8 Å². The minimum absolute atomic E-state index is 0.0650. The zero-order valence-electron chi connectivity index (χ0n) is 22.5. The Hall–Kier alpha value is -3.34. The van der Waals surface area contributed by atoms with Gasteiger partial charge in [0.1, 0.15) is 0 Å². The number of ether oxygens (including phenoxy) is 1. The quantitative estimate of drug-likeness (QED) is 0.226. The number of rotatable bonds is 6. The molecule has 0 N–H and O–H groups in total. The first-order chi connectivity index (χ1) is 18.9. The maximum absolute atomic E-state index is 15.3. The van der Waals surface area contributed by atoms with Crippen molar-refractivity contribution in [1.82, 2.24) is 0 Å². The van der Waals surface area contributed by atoms with Crippen molar-refractivity contribution < 1.29 is 22.3 Å². The third-order valence-corrected chi connectivity index (χ3v) is 8.60. The SMILES string of the molecule is C/C=C/C1CCC(C2CC=C(c3ccc(-c4ccc(-c5ccc(OC)c(F)c5F)cc4)c(F)c3F)CC2)CC1. The average molecular weight is 535 g/mol. The molecule has 5 heteroatoms. The van der Waals surface area contributed by atoms with Crippen molar-refractivity contribution in [2.45, 2.75) is 51.9 Å². The second-order valence-electron chi connectivity index (χ2n) is 10.8. The molecule has 0 amide bonds. The molecule has 0 aromatic heterocycles. The average Bonchev–Trinajstić information content (AvgIpc) is 2.97. The molecular weight excluding hydrogens is 500 g/mol. The summed E-state index contributed by atoms with van der Waals surface area (Å²) in [6.45, 7) is 2.08. The van der Waals surface area contributed by atoms with Gasteiger partial charge in [-0.2, -0.15) is 4.39 Å². The van der Waals surface area contributed by atoms with Gasteiger partial charge in [0.2, 0.25) is 5.82 Å². The molecule has 1 unspecified atom stereocenters. The van der Waals surface area contributed by atoms with Gasteiger partial charge in [0.25, 0.3) is 0 Å². The van der Waals surface area contributed by atoms with Gasteiger partial charge in [0.05, 0.1) is 7.11 Å². The van der Waals surface area contributed by atoms with Crippen molar-refractivity contribution >= 4 is 5.57 Å². The molecule has 5 rings (SSSR count). The van der Waals surface area contributed by atoms with Crippen molar-refractivity contribution in [3.63, 3.8) is 0 Å². The summed E-state index contributed by atoms with van der Waals surface area (Å²) in [6.07, 6.45) is 14.3. The lowest BCUT2D eigenvalue weighted by Crippen LogP contribution is -2.22. The molecule has 0 saturated heterocycles. The Bertz CT molecular complexity index is 1380. The summed E-state index contributed by atoms with van der Waals surface area (Å²) in [6, 6.07) is 12.4. The first-order valence-electron chi connectivity index (χ1n) is 13.8. The van der Waals surface area contributed by atoms with E-state index in [0.717, 1.165) is 30.8 Å². The Balaban J connectivity index is 1.30. The number of benzene rings is 3. The highest BCUT2D eigenvalue weighted by Gasteiger charge is 2.29. The summed E-state index contributed by atoms with van der Waals surface area (Å²) in [7, 11) is 1.27. The van der Waals surface area contributed by atoms with E-state index in [1.54, 1.807) is 36.4 Å². The zero-order chi connectivity index (χ0) is 27.5. The second kappa shape index (κ2) is 11.8. The second-order valence-corrected chi connectivity index (χ2v) is 10.8. The van der Waals surface area contributed by atoms with Crippen LogP contribution >= 0.6 is 0 Å². The van der Waals surface area contributed by atoms with Crippen LogP contribution < -0.4 is 4.74 Å². The molecule has 1 saturated carbocycles. The molecule has 3 aromatic carbocycles. The third-order valence-electron chi connectivity index (χ3n) is 8.60. The van der Waals surface area contributed by atoms with Crippen LogP contribution in [0.25, 0.3) is 27.8 Å². The lowest BCUT2D eigenvalue weighted by atomic mass is 9.71. The van der Waals surface area contributed by atoms with Gasteiger partial charge in [0.15, 0.2) is 23.2 Å². The summed E-state index contributed by atoms with van der Waals surface area (Å²) >= 11 is 0. The number of methoxy groups -OCH3 is 1. The molecule has 39 heavy (non-hydrogen) atoms. The van der Waals surface area contributed by atoms with E-state index < -0.39 is 23.3 Å². The predicted molar refractivity (Wildman–Crippen MR) is 149 cm³/mol. The summed E-state index contributed by atoms with van der Waals surface area (Å²) in [5.74, 6) is -1.95. The molecule has 3 aromatic rings. The molecule has 2 aliphatic rings. The van der Waals surface area contributed by atoms with Crippen LogP contribution in [0.4, 0.5) is 17.6 Å². The van der Waals surface area contributed by atoms with E-state index in [1.807, 2.05) is 0 Å². The summed E-state index contributed by atoms with van der Waals surface area (Å²) in [4.78, 5) is 0. The molecule has 0 heterocycles. The van der Waals surface area contributed by atoms with Crippen molar-refractivity contribution in [2.75, 3.05) is 7.11 Å². The van der Waals surface area contributed by atoms with Crippen molar-refractivity contribution in [3.8, 4) is 28.0 Å². The lowest BCUT2D eigenvalue weighted by molar-refractivity contribution is 0.212. The number of hydrogen-bond acceptors (Lipinski definition) is 1. The van der Waals surface area contributed by atoms with Crippen LogP contribution in [0.5, 0.6) is 5.75 Å². The summed E-state index contributed by atoms with van der Waals surface area (Å²) in [5, 5.41) is 0. The summed E-state index contributed by atoms with van der Waals surface area (Å²) < 4.78 is 64.0. The first-order valence-corrected chi connectivity index (χ1v) is 13.8. The van der Waals surface area contributed by atoms with Crippen LogP contribution in [0, 0.1) is 41.0 Å². The van der Waals surface area contributed by atoms with Crippen molar-refractivity contribution in [1.29, 1.82) is 0 Å². The van der Waals surface area contributed by atoms with Gasteiger partial charge >= 0.3 is 0 Å². The smallest absolute Gasteiger partial charge is 0.201 e. The van der Waals surface area contributed by atoms with Gasteiger partial charge in [0, 0.05) is 16.7 Å². The molecule has 0 spiro atoms. The Labute approximate surface area is 228 Å². The fraction of sp³-hybridized carbons (Fsp3) is 0.353. The molecule has 0 radical (unpaired) electrons. The van der Waals surface area contributed by atoms with Crippen LogP contribution in [0.3, 0.4) is 0 Å². The van der Waals surface area contributed by atoms with Crippen LogP contribution in [0.1, 0.15) is 57.4 Å². The highest BCUT2D eigenvalue weighted by molar-refractivity contribution is 5.74. The van der Waals surface area contributed by atoms with E-state index in [0.29, 0.717) is 28.5 Å². The largest absolute Gasteiger partial charge is 0.494 e. The molecule has 0 aliphatic heterocycles. The van der Waals surface area contributed by atoms with Gasteiger partial charge in [-0.25, -0.2) is 13.2 Å². The Morgan fingerprint density at radius 3 is 1.79 bits per heavy atom. The van der Waals surface area contributed by atoms with E-state index >= 15 is 8.78 Å². The van der Waals surface area contributed by atoms with E-state index in [-0.39, 0.29) is 16.9 Å². The lowest BCUT2D eigenvalue weighted by Gasteiger charge is -2.35. The fourth-order valence-corrected chi connectivity index (χ4v) is 6.37. The monoisotopic (exact) mass is 534 g/mol. The molecule has 0 bridgehead atoms. The molecule has 204 valence electrons. The normalized spacial score (nSPS) is 21.7. The number of allylic oxidation sites excluding steroid dienone is 4. The van der Waals surface area contributed by atoms with Gasteiger partial charge in [-0.15, -0.1) is 0 Å². The van der Waals surface area contributed by atoms with Gasteiger partial charge in [-0.05, 0) is 98.5 Å². The van der Waals surface area contributed by atoms with Gasteiger partial charge < -0.3 is 4.74 Å². The number of halogens is 4. The van der Waals surface area contributed by atoms with E-state index in [2.05, 4.69) is 25.2 Å². The molecule has 1 nitrogen and oxygen atoms in total. The van der Waals surface area contributed by atoms with Crippen LogP contribution in [-0.4, -0.2) is 7.11 Å². The Morgan fingerprint density at radius 1 is 0.667 bits per heavy atom. The maximum Gasteiger partial charge on any atom is 0.201 e. The van der Waals surface area contributed by atoms with E-state index in [1.165, 1.54) is 44.9 Å². The topological polar surface area (TPSA) is 9.23 Å². The predicted octanol–water partition coefficient (Wildman–Crippen LogP) is 10.2. The number of hydrogen-bond donors (Lipinski definition) is 0. The standard InChI is InChI=1S/C34H34F4O/c1-3-4-21-5-7-22(8-6-21)23-9-11-24(12-10-23)27-17-18-28(32(36)31(27)35)25-13-15-26(16-14-25)29-19-20-30(39-2)34(38)33(29)37/h3-4,11,13-23H,5-10,12H2,1-2H3/b4-3+.